The first-order valence-electron chi connectivity index (χ1n) is 5.87. The van der Waals surface area contributed by atoms with Crippen LogP contribution in [0.4, 0.5) is 0 Å². The molecule has 0 N–H and O–H groups in total. The Morgan fingerprint density at radius 1 is 1.07 bits per heavy atom. The van der Waals surface area contributed by atoms with E-state index in [4.69, 9.17) is 0 Å². The van der Waals surface area contributed by atoms with Crippen molar-refractivity contribution >= 4 is 11.9 Å². The number of nitrogens with zero attached hydrogens (tertiary/aromatic N) is 1. The van der Waals surface area contributed by atoms with Gasteiger partial charge in [0.2, 0.25) is 0 Å². The highest BCUT2D eigenvalue weighted by Gasteiger charge is 2.48. The van der Waals surface area contributed by atoms with Crippen molar-refractivity contribution in [2.24, 2.45) is 0 Å². The first-order chi connectivity index (χ1) is 7.34. The molecule has 1 aromatic carbocycles. The van der Waals surface area contributed by atoms with E-state index in [0.717, 1.165) is 12.1 Å². The fourth-order valence-corrected chi connectivity index (χ4v) is 3.72. The highest BCUT2D eigenvalue weighted by atomic mass is 32.2. The van der Waals surface area contributed by atoms with Gasteiger partial charge in [-0.1, -0.05) is 30.5 Å². The largest absolute Gasteiger partial charge is 0.237 e. The first kappa shape index (κ1) is 9.73. The maximum absolute atomic E-state index is 2.59. The lowest BCUT2D eigenvalue weighted by Gasteiger charge is -2.02. The third kappa shape index (κ3) is 1.93. The van der Waals surface area contributed by atoms with Gasteiger partial charge in [0.15, 0.2) is 0 Å². The molecule has 1 aliphatic heterocycles. The Balaban J connectivity index is 1.64. The molecule has 2 unspecified atom stereocenters. The molecule has 1 aliphatic carbocycles. The second kappa shape index (κ2) is 3.84. The monoisotopic (exact) mass is 219 g/mol. The van der Waals surface area contributed by atoms with Crippen molar-refractivity contribution in [3.05, 3.63) is 29.8 Å². The topological polar surface area (TPSA) is 3.01 Å². The molecule has 0 radical (unpaired) electrons. The third-order valence-electron chi connectivity index (χ3n) is 3.49. The van der Waals surface area contributed by atoms with Gasteiger partial charge < -0.3 is 0 Å². The van der Waals surface area contributed by atoms with Gasteiger partial charge in [0, 0.05) is 17.0 Å². The quantitative estimate of drug-likeness (QED) is 0.552. The maximum Gasteiger partial charge on any atom is 0.0374 e. The molecule has 1 aromatic rings. The van der Waals surface area contributed by atoms with Gasteiger partial charge >= 0.3 is 0 Å². The summed E-state index contributed by atoms with van der Waals surface area (Å²) in [5, 5.41) is 0. The number of fused-ring (bicyclic) bond motifs is 1. The van der Waals surface area contributed by atoms with Crippen LogP contribution in [0, 0.1) is 6.92 Å². The predicted molar refractivity (Wildman–Crippen MR) is 64.9 cm³/mol. The Morgan fingerprint density at radius 2 is 1.67 bits per heavy atom. The van der Waals surface area contributed by atoms with Crippen LogP contribution in [0.1, 0.15) is 31.2 Å². The SMILES string of the molecule is Cc1ccc(SN2C3CCCCC32)cc1. The predicted octanol–water partition coefficient (Wildman–Crippen LogP) is 3.63. The van der Waals surface area contributed by atoms with Gasteiger partial charge in [-0.2, -0.15) is 0 Å². The molecule has 0 spiro atoms. The molecule has 15 heavy (non-hydrogen) atoms. The lowest BCUT2D eigenvalue weighted by molar-refractivity contribution is 0.571. The molecule has 1 saturated carbocycles. The van der Waals surface area contributed by atoms with E-state index >= 15 is 0 Å². The van der Waals surface area contributed by atoms with Crippen LogP contribution in [0.25, 0.3) is 0 Å². The van der Waals surface area contributed by atoms with E-state index in [1.807, 2.05) is 11.9 Å². The molecule has 2 aliphatic rings. The molecule has 2 fully saturated rings. The van der Waals surface area contributed by atoms with Crippen LogP contribution in [-0.2, 0) is 0 Å². The van der Waals surface area contributed by atoms with Gasteiger partial charge in [-0.05, 0) is 43.8 Å². The van der Waals surface area contributed by atoms with Crippen LogP contribution in [0.15, 0.2) is 29.2 Å². The second-order valence-electron chi connectivity index (χ2n) is 4.68. The molecule has 1 saturated heterocycles. The number of aryl methyl sites for hydroxylation is 1. The average molecular weight is 219 g/mol. The maximum atomic E-state index is 2.59. The van der Waals surface area contributed by atoms with Crippen molar-refractivity contribution in [2.75, 3.05) is 0 Å². The Labute approximate surface area is 96.0 Å². The highest BCUT2D eigenvalue weighted by molar-refractivity contribution is 7.97. The van der Waals surface area contributed by atoms with E-state index in [0.29, 0.717) is 0 Å². The minimum Gasteiger partial charge on any atom is -0.237 e. The first-order valence-corrected chi connectivity index (χ1v) is 6.65. The second-order valence-corrected chi connectivity index (χ2v) is 5.76. The molecule has 2 heteroatoms. The standard InChI is InChI=1S/C13H17NS/c1-10-6-8-11(9-7-10)15-14-12-4-2-3-5-13(12)14/h6-9,12-13H,2-5H2,1H3. The van der Waals surface area contributed by atoms with E-state index < -0.39 is 0 Å². The van der Waals surface area contributed by atoms with E-state index in [2.05, 4.69) is 35.5 Å². The van der Waals surface area contributed by atoms with Crippen molar-refractivity contribution in [1.82, 2.24) is 4.31 Å². The van der Waals surface area contributed by atoms with Crippen molar-refractivity contribution in [3.8, 4) is 0 Å². The smallest absolute Gasteiger partial charge is 0.0374 e. The summed E-state index contributed by atoms with van der Waals surface area (Å²) in [6.07, 6.45) is 5.71. The lowest BCUT2D eigenvalue weighted by atomic mass is 10.0. The fourth-order valence-electron chi connectivity index (χ4n) is 2.51. The molecule has 1 nitrogen and oxygen atoms in total. The minimum atomic E-state index is 0.894. The van der Waals surface area contributed by atoms with Gasteiger partial charge in [0.25, 0.3) is 0 Å². The summed E-state index contributed by atoms with van der Waals surface area (Å²) < 4.78 is 2.59. The summed E-state index contributed by atoms with van der Waals surface area (Å²) in [5.41, 5.74) is 1.35. The summed E-state index contributed by atoms with van der Waals surface area (Å²) >= 11 is 1.96. The summed E-state index contributed by atoms with van der Waals surface area (Å²) in [6.45, 7) is 2.14. The van der Waals surface area contributed by atoms with Crippen molar-refractivity contribution in [1.29, 1.82) is 0 Å². The highest BCUT2D eigenvalue weighted by Crippen LogP contribution is 2.47. The van der Waals surface area contributed by atoms with Crippen LogP contribution in [0.5, 0.6) is 0 Å². The number of hydrogen-bond donors (Lipinski definition) is 0. The normalized spacial score (nSPS) is 33.5. The van der Waals surface area contributed by atoms with Gasteiger partial charge in [-0.25, -0.2) is 4.31 Å². The molecule has 80 valence electrons. The summed E-state index contributed by atoms with van der Waals surface area (Å²) in [5.74, 6) is 0. The zero-order chi connectivity index (χ0) is 10.3. The zero-order valence-electron chi connectivity index (χ0n) is 9.15. The van der Waals surface area contributed by atoms with Crippen LogP contribution in [0.2, 0.25) is 0 Å². The Morgan fingerprint density at radius 3 is 2.27 bits per heavy atom. The molecule has 3 rings (SSSR count). The summed E-state index contributed by atoms with van der Waals surface area (Å²) in [4.78, 5) is 1.40. The van der Waals surface area contributed by atoms with Gasteiger partial charge in [-0.3, -0.25) is 0 Å². The Hall–Kier alpha value is -0.470. The average Bonchev–Trinajstić information content (AvgIpc) is 2.96. The molecular formula is C13H17NS. The van der Waals surface area contributed by atoms with Crippen molar-refractivity contribution in [3.63, 3.8) is 0 Å². The zero-order valence-corrected chi connectivity index (χ0v) is 9.96. The minimum absolute atomic E-state index is 0.894. The molecule has 1 heterocycles. The van der Waals surface area contributed by atoms with Gasteiger partial charge in [0.05, 0.1) is 0 Å². The fraction of sp³-hybridized carbons (Fsp3) is 0.538. The molecule has 2 atom stereocenters. The molecule has 0 aromatic heterocycles. The van der Waals surface area contributed by atoms with E-state index in [1.54, 1.807) is 0 Å². The number of rotatable bonds is 2. The van der Waals surface area contributed by atoms with E-state index in [9.17, 15) is 0 Å². The lowest BCUT2D eigenvalue weighted by Crippen LogP contribution is -2.00. The number of benzene rings is 1. The van der Waals surface area contributed by atoms with Crippen molar-refractivity contribution < 1.29 is 0 Å². The Kier molecular flexibility index (Phi) is 2.49. The summed E-state index contributed by atoms with van der Waals surface area (Å²) in [6, 6.07) is 10.7. The van der Waals surface area contributed by atoms with Gasteiger partial charge in [0.1, 0.15) is 0 Å². The molecule has 0 bridgehead atoms. The molecular weight excluding hydrogens is 202 g/mol. The van der Waals surface area contributed by atoms with Gasteiger partial charge in [-0.15, -0.1) is 0 Å². The van der Waals surface area contributed by atoms with Crippen LogP contribution >= 0.6 is 11.9 Å². The van der Waals surface area contributed by atoms with Crippen LogP contribution in [0.3, 0.4) is 0 Å². The van der Waals surface area contributed by atoms with Crippen molar-refractivity contribution in [2.45, 2.75) is 49.6 Å². The third-order valence-corrected chi connectivity index (χ3v) is 4.73. The Bertz CT molecular complexity index is 334. The number of hydrogen-bond acceptors (Lipinski definition) is 2. The van der Waals surface area contributed by atoms with Crippen LogP contribution < -0.4 is 0 Å². The molecule has 0 amide bonds. The summed E-state index contributed by atoms with van der Waals surface area (Å²) in [7, 11) is 0. The van der Waals surface area contributed by atoms with E-state index in [-0.39, 0.29) is 0 Å². The van der Waals surface area contributed by atoms with E-state index in [1.165, 1.54) is 36.1 Å². The van der Waals surface area contributed by atoms with Crippen LogP contribution in [-0.4, -0.2) is 16.4 Å².